The second kappa shape index (κ2) is 7.87. The standard InChI is InChI=1S/C10H14O.C8H14N2/c1-8(2)7-9-3-5-10(11)6-4-9;1-8(2,3)4-7-5-9-6-10-7/h3-6,8,11H,7H2,1-2H3;5-6H,4H2,1-3H3,(H,9,10). The minimum absolute atomic E-state index is 0.345. The summed E-state index contributed by atoms with van der Waals surface area (Å²) in [6.45, 7) is 11.0. The van der Waals surface area contributed by atoms with E-state index >= 15 is 0 Å². The molecule has 1 aromatic carbocycles. The zero-order chi connectivity index (χ0) is 15.9. The first kappa shape index (κ1) is 17.3. The van der Waals surface area contributed by atoms with Gasteiger partial charge in [0.15, 0.2) is 0 Å². The summed E-state index contributed by atoms with van der Waals surface area (Å²) in [5, 5.41) is 8.99. The lowest BCUT2D eigenvalue weighted by molar-refractivity contribution is 0.407. The van der Waals surface area contributed by atoms with Crippen molar-refractivity contribution in [3.63, 3.8) is 0 Å². The van der Waals surface area contributed by atoms with E-state index in [-0.39, 0.29) is 0 Å². The van der Waals surface area contributed by atoms with Gasteiger partial charge in [-0.1, -0.05) is 46.8 Å². The first-order chi connectivity index (χ1) is 9.76. The van der Waals surface area contributed by atoms with Gasteiger partial charge in [-0.15, -0.1) is 0 Å². The Labute approximate surface area is 128 Å². The predicted molar refractivity (Wildman–Crippen MR) is 88.4 cm³/mol. The van der Waals surface area contributed by atoms with E-state index in [1.54, 1.807) is 18.5 Å². The summed E-state index contributed by atoms with van der Waals surface area (Å²) in [5.74, 6) is 1.03. The fourth-order valence-corrected chi connectivity index (χ4v) is 2.06. The van der Waals surface area contributed by atoms with Crippen LogP contribution in [-0.4, -0.2) is 15.1 Å². The van der Waals surface area contributed by atoms with Gasteiger partial charge in [-0.25, -0.2) is 4.98 Å². The minimum Gasteiger partial charge on any atom is -0.508 e. The third-order valence-electron chi connectivity index (χ3n) is 2.86. The number of aromatic amines is 1. The van der Waals surface area contributed by atoms with E-state index < -0.39 is 0 Å². The van der Waals surface area contributed by atoms with Gasteiger partial charge in [-0.05, 0) is 41.9 Å². The molecular formula is C18H28N2O. The maximum absolute atomic E-state index is 8.99. The predicted octanol–water partition coefficient (Wildman–Crippen LogP) is 4.59. The molecule has 0 atom stereocenters. The highest BCUT2D eigenvalue weighted by molar-refractivity contribution is 5.25. The number of nitrogens with one attached hydrogen (secondary N) is 1. The van der Waals surface area contributed by atoms with Crippen molar-refractivity contribution in [2.75, 3.05) is 0 Å². The molecule has 0 radical (unpaired) electrons. The van der Waals surface area contributed by atoms with Gasteiger partial charge in [-0.3, -0.25) is 0 Å². The number of benzene rings is 1. The average molecular weight is 288 g/mol. The molecule has 0 fully saturated rings. The Morgan fingerprint density at radius 3 is 2.19 bits per heavy atom. The van der Waals surface area contributed by atoms with E-state index in [9.17, 15) is 0 Å². The van der Waals surface area contributed by atoms with Gasteiger partial charge in [-0.2, -0.15) is 0 Å². The highest BCUT2D eigenvalue weighted by Gasteiger charge is 2.11. The maximum atomic E-state index is 8.99. The van der Waals surface area contributed by atoms with E-state index in [1.165, 1.54) is 11.3 Å². The first-order valence-electron chi connectivity index (χ1n) is 7.51. The molecule has 21 heavy (non-hydrogen) atoms. The zero-order valence-corrected chi connectivity index (χ0v) is 13.9. The van der Waals surface area contributed by atoms with E-state index in [0.29, 0.717) is 17.1 Å². The molecule has 0 aliphatic rings. The van der Waals surface area contributed by atoms with Crippen LogP contribution in [0.4, 0.5) is 0 Å². The van der Waals surface area contributed by atoms with Crippen LogP contribution in [0.5, 0.6) is 5.75 Å². The molecule has 1 aromatic heterocycles. The normalized spacial score (nSPS) is 11.1. The van der Waals surface area contributed by atoms with Gasteiger partial charge in [0.1, 0.15) is 5.75 Å². The Kier molecular flexibility index (Phi) is 6.47. The van der Waals surface area contributed by atoms with Crippen LogP contribution in [-0.2, 0) is 12.8 Å². The molecule has 0 spiro atoms. The average Bonchev–Trinajstić information content (AvgIpc) is 2.83. The quantitative estimate of drug-likeness (QED) is 0.868. The van der Waals surface area contributed by atoms with Crippen LogP contribution >= 0.6 is 0 Å². The molecule has 3 heteroatoms. The number of nitrogens with zero attached hydrogens (tertiary/aromatic N) is 1. The largest absolute Gasteiger partial charge is 0.508 e. The monoisotopic (exact) mass is 288 g/mol. The summed E-state index contributed by atoms with van der Waals surface area (Å²) in [6.07, 6.45) is 5.75. The molecule has 116 valence electrons. The number of phenolic OH excluding ortho intramolecular Hbond substituents is 1. The highest BCUT2D eigenvalue weighted by Crippen LogP contribution is 2.18. The molecule has 2 N–H and O–H groups in total. The Balaban J connectivity index is 0.000000211. The second-order valence-corrected chi connectivity index (χ2v) is 7.08. The van der Waals surface area contributed by atoms with Crippen molar-refractivity contribution in [2.24, 2.45) is 11.3 Å². The summed E-state index contributed by atoms with van der Waals surface area (Å²) in [4.78, 5) is 7.03. The van der Waals surface area contributed by atoms with Crippen molar-refractivity contribution >= 4 is 0 Å². The highest BCUT2D eigenvalue weighted by atomic mass is 16.3. The van der Waals surface area contributed by atoms with E-state index in [1.807, 2.05) is 18.3 Å². The number of hydrogen-bond acceptors (Lipinski definition) is 2. The van der Waals surface area contributed by atoms with Gasteiger partial charge >= 0.3 is 0 Å². The minimum atomic E-state index is 0.345. The van der Waals surface area contributed by atoms with Crippen LogP contribution in [0.1, 0.15) is 45.9 Å². The molecule has 0 saturated heterocycles. The molecule has 0 aliphatic carbocycles. The fraction of sp³-hybridized carbons (Fsp3) is 0.500. The summed E-state index contributed by atoms with van der Waals surface area (Å²) < 4.78 is 0. The molecule has 2 aromatic rings. The number of hydrogen-bond donors (Lipinski definition) is 2. The van der Waals surface area contributed by atoms with Crippen LogP contribution < -0.4 is 0 Å². The third kappa shape index (κ3) is 8.18. The van der Waals surface area contributed by atoms with E-state index in [2.05, 4.69) is 44.6 Å². The smallest absolute Gasteiger partial charge is 0.115 e. The van der Waals surface area contributed by atoms with Gasteiger partial charge in [0.25, 0.3) is 0 Å². The number of rotatable bonds is 3. The third-order valence-corrected chi connectivity index (χ3v) is 2.86. The van der Waals surface area contributed by atoms with Crippen molar-refractivity contribution in [3.05, 3.63) is 48.0 Å². The van der Waals surface area contributed by atoms with Crippen molar-refractivity contribution < 1.29 is 5.11 Å². The molecule has 0 bridgehead atoms. The number of aromatic nitrogens is 2. The lowest BCUT2D eigenvalue weighted by Gasteiger charge is -2.15. The number of phenols is 1. The molecule has 0 unspecified atom stereocenters. The van der Waals surface area contributed by atoms with Gasteiger partial charge in [0.2, 0.25) is 0 Å². The zero-order valence-electron chi connectivity index (χ0n) is 13.9. The number of aromatic hydroxyl groups is 1. The maximum Gasteiger partial charge on any atom is 0.115 e. The summed E-state index contributed by atoms with van der Waals surface area (Å²) in [5.41, 5.74) is 2.86. The summed E-state index contributed by atoms with van der Waals surface area (Å²) in [6, 6.07) is 7.40. The lowest BCUT2D eigenvalue weighted by atomic mass is 9.91. The first-order valence-corrected chi connectivity index (χ1v) is 7.51. The molecule has 0 amide bonds. The van der Waals surface area contributed by atoms with Gasteiger partial charge in [0, 0.05) is 11.9 Å². The molecule has 1 heterocycles. The van der Waals surface area contributed by atoms with Crippen molar-refractivity contribution in [3.8, 4) is 5.75 Å². The lowest BCUT2D eigenvalue weighted by Crippen LogP contribution is -2.09. The van der Waals surface area contributed by atoms with Gasteiger partial charge in [0.05, 0.1) is 6.33 Å². The van der Waals surface area contributed by atoms with Crippen molar-refractivity contribution in [1.82, 2.24) is 9.97 Å². The van der Waals surface area contributed by atoms with Crippen LogP contribution in [0.2, 0.25) is 0 Å². The molecular weight excluding hydrogens is 260 g/mol. The Morgan fingerprint density at radius 2 is 1.76 bits per heavy atom. The molecule has 2 rings (SSSR count). The van der Waals surface area contributed by atoms with E-state index in [0.717, 1.165) is 12.8 Å². The summed E-state index contributed by atoms with van der Waals surface area (Å²) >= 11 is 0. The molecule has 0 saturated carbocycles. The molecule has 0 aliphatic heterocycles. The van der Waals surface area contributed by atoms with Gasteiger partial charge < -0.3 is 10.1 Å². The van der Waals surface area contributed by atoms with Crippen LogP contribution in [0.25, 0.3) is 0 Å². The number of H-pyrrole nitrogens is 1. The summed E-state index contributed by atoms with van der Waals surface area (Å²) in [7, 11) is 0. The Hall–Kier alpha value is -1.77. The van der Waals surface area contributed by atoms with E-state index in [4.69, 9.17) is 5.11 Å². The Morgan fingerprint density at radius 1 is 1.14 bits per heavy atom. The SMILES string of the molecule is CC(C)(C)Cc1cnc[nH]1.CC(C)Cc1ccc(O)cc1. The Bertz CT molecular complexity index is 493. The number of imidazole rings is 1. The second-order valence-electron chi connectivity index (χ2n) is 7.08. The fourth-order valence-electron chi connectivity index (χ4n) is 2.06. The van der Waals surface area contributed by atoms with Crippen LogP contribution in [0, 0.1) is 11.3 Å². The molecule has 3 nitrogen and oxygen atoms in total. The van der Waals surface area contributed by atoms with Crippen molar-refractivity contribution in [2.45, 2.75) is 47.5 Å². The van der Waals surface area contributed by atoms with Crippen LogP contribution in [0.15, 0.2) is 36.8 Å². The van der Waals surface area contributed by atoms with Crippen molar-refractivity contribution in [1.29, 1.82) is 0 Å². The van der Waals surface area contributed by atoms with Crippen LogP contribution in [0.3, 0.4) is 0 Å². The topological polar surface area (TPSA) is 48.9 Å².